The summed E-state index contributed by atoms with van der Waals surface area (Å²) in [5.41, 5.74) is 0.378. The van der Waals surface area contributed by atoms with Crippen LogP contribution in [0.4, 0.5) is 4.79 Å². The van der Waals surface area contributed by atoms with Crippen molar-refractivity contribution in [1.29, 1.82) is 0 Å². The van der Waals surface area contributed by atoms with Crippen LogP contribution < -0.4 is 14.8 Å². The Morgan fingerprint density at radius 2 is 2.00 bits per heavy atom. The number of rotatable bonds is 3. The van der Waals surface area contributed by atoms with Gasteiger partial charge in [0.05, 0.1) is 5.92 Å². The number of hydrogen-bond acceptors (Lipinski definition) is 5. The largest absolute Gasteiger partial charge is 0.470 e. The molecule has 1 aromatic rings. The fourth-order valence-electron chi connectivity index (χ4n) is 2.02. The molecule has 0 saturated heterocycles. The third-order valence-electron chi connectivity index (χ3n) is 3.08. The van der Waals surface area contributed by atoms with E-state index in [-0.39, 0.29) is 11.9 Å². The van der Waals surface area contributed by atoms with Gasteiger partial charge in [-0.15, -0.1) is 0 Å². The van der Waals surface area contributed by atoms with Gasteiger partial charge < -0.3 is 14.2 Å². The van der Waals surface area contributed by atoms with Crippen LogP contribution in [0.25, 0.3) is 0 Å². The van der Waals surface area contributed by atoms with E-state index in [0.29, 0.717) is 17.9 Å². The molecule has 6 heteroatoms. The molecule has 1 aliphatic rings. The highest BCUT2D eigenvalue weighted by Gasteiger charge is 2.27. The first-order valence-electron chi connectivity index (χ1n) is 7.65. The summed E-state index contributed by atoms with van der Waals surface area (Å²) >= 11 is 0. The summed E-state index contributed by atoms with van der Waals surface area (Å²) in [6, 6.07) is 5.21. The molecule has 0 aliphatic carbocycles. The molecule has 1 amide bonds. The molecule has 0 spiro atoms. The quantitative estimate of drug-likeness (QED) is 0.684. The second-order valence-corrected chi connectivity index (χ2v) is 6.80. The average molecular weight is 321 g/mol. The van der Waals surface area contributed by atoms with Crippen LogP contribution in [0.2, 0.25) is 0 Å². The zero-order valence-corrected chi connectivity index (χ0v) is 14.1. The number of hydrogen-bond donors (Lipinski definition) is 1. The minimum atomic E-state index is -0.562. The monoisotopic (exact) mass is 321 g/mol. The van der Waals surface area contributed by atoms with Crippen LogP contribution in [0.1, 0.15) is 40.2 Å². The van der Waals surface area contributed by atoms with Crippen molar-refractivity contribution in [3.63, 3.8) is 0 Å². The van der Waals surface area contributed by atoms with Gasteiger partial charge in [0, 0.05) is 18.1 Å². The minimum absolute atomic E-state index is 0.203. The van der Waals surface area contributed by atoms with Gasteiger partial charge in [0.15, 0.2) is 6.23 Å². The van der Waals surface area contributed by atoms with Crippen molar-refractivity contribution in [2.45, 2.75) is 52.9 Å². The molecule has 1 heterocycles. The summed E-state index contributed by atoms with van der Waals surface area (Å²) in [4.78, 5) is 23.4. The summed E-state index contributed by atoms with van der Waals surface area (Å²) in [7, 11) is 0. The van der Waals surface area contributed by atoms with Gasteiger partial charge in [-0.25, -0.2) is 4.79 Å². The zero-order valence-electron chi connectivity index (χ0n) is 14.1. The van der Waals surface area contributed by atoms with Gasteiger partial charge in [0.1, 0.15) is 17.1 Å². The molecular formula is C17H23NO5. The highest BCUT2D eigenvalue weighted by Crippen LogP contribution is 2.32. The van der Waals surface area contributed by atoms with Gasteiger partial charge >= 0.3 is 12.1 Å². The van der Waals surface area contributed by atoms with Crippen molar-refractivity contribution in [2.24, 2.45) is 5.92 Å². The van der Waals surface area contributed by atoms with Crippen LogP contribution in [0, 0.1) is 5.92 Å². The van der Waals surface area contributed by atoms with Crippen molar-refractivity contribution in [2.75, 3.05) is 0 Å². The third kappa shape index (κ3) is 4.87. The van der Waals surface area contributed by atoms with E-state index in [1.165, 1.54) is 0 Å². The molecule has 6 nitrogen and oxygen atoms in total. The Morgan fingerprint density at radius 1 is 1.30 bits per heavy atom. The van der Waals surface area contributed by atoms with Crippen LogP contribution in [0.15, 0.2) is 18.2 Å². The van der Waals surface area contributed by atoms with Gasteiger partial charge in [-0.2, -0.15) is 0 Å². The highest BCUT2D eigenvalue weighted by atomic mass is 16.6. The summed E-state index contributed by atoms with van der Waals surface area (Å²) in [6.45, 7) is 8.94. The van der Waals surface area contributed by atoms with E-state index >= 15 is 0 Å². The number of alkyl carbamates (subject to hydrolysis) is 1. The van der Waals surface area contributed by atoms with Crippen molar-refractivity contribution < 1.29 is 23.8 Å². The zero-order chi connectivity index (χ0) is 17.2. The Balaban J connectivity index is 1.96. The van der Waals surface area contributed by atoms with Crippen LogP contribution in [0.3, 0.4) is 0 Å². The molecule has 23 heavy (non-hydrogen) atoms. The first kappa shape index (κ1) is 17.1. The molecule has 0 aromatic heterocycles. The number of benzene rings is 1. The summed E-state index contributed by atoms with van der Waals surface area (Å²) < 4.78 is 16.1. The van der Waals surface area contributed by atoms with E-state index in [1.807, 2.05) is 6.07 Å². The lowest BCUT2D eigenvalue weighted by Gasteiger charge is -2.21. The lowest BCUT2D eigenvalue weighted by Crippen LogP contribution is -2.41. The summed E-state index contributed by atoms with van der Waals surface area (Å²) in [6.07, 6.45) is -0.481. The molecule has 1 N–H and O–H groups in total. The molecule has 0 bridgehead atoms. The van der Waals surface area contributed by atoms with Crippen LogP contribution >= 0.6 is 0 Å². The van der Waals surface area contributed by atoms with Gasteiger partial charge in [-0.1, -0.05) is 19.9 Å². The smallest absolute Gasteiger partial charge is 0.410 e. The molecule has 2 rings (SSSR count). The molecule has 1 aliphatic heterocycles. The standard InChI is InChI=1S/C17H23NO5/c1-10(2)15(19)21-12-7-6-11-8-14(22-13(11)9-12)18-16(20)23-17(3,4)5/h6-7,9-10,14H,8H2,1-5H3,(H,18,20). The van der Waals surface area contributed by atoms with E-state index in [9.17, 15) is 9.59 Å². The normalized spacial score (nSPS) is 16.5. The molecular weight excluding hydrogens is 298 g/mol. The first-order valence-corrected chi connectivity index (χ1v) is 7.65. The lowest BCUT2D eigenvalue weighted by molar-refractivity contribution is -0.137. The molecule has 1 unspecified atom stereocenters. The van der Waals surface area contributed by atoms with Crippen molar-refractivity contribution in [3.05, 3.63) is 23.8 Å². The number of nitrogens with one attached hydrogen (secondary N) is 1. The maximum Gasteiger partial charge on any atom is 0.410 e. The minimum Gasteiger partial charge on any atom is -0.470 e. The number of esters is 1. The lowest BCUT2D eigenvalue weighted by atomic mass is 10.1. The predicted octanol–water partition coefficient (Wildman–Crippen LogP) is 3.03. The Kier molecular flexibility index (Phi) is 4.82. The third-order valence-corrected chi connectivity index (χ3v) is 3.08. The highest BCUT2D eigenvalue weighted by molar-refractivity contribution is 5.74. The molecule has 1 aromatic carbocycles. The SMILES string of the molecule is CC(C)C(=O)Oc1ccc2c(c1)OC(NC(=O)OC(C)(C)C)C2. The van der Waals surface area contributed by atoms with Gasteiger partial charge in [-0.05, 0) is 26.8 Å². The number of fused-ring (bicyclic) bond motifs is 1. The predicted molar refractivity (Wildman–Crippen MR) is 84.4 cm³/mol. The van der Waals surface area contributed by atoms with E-state index < -0.39 is 17.9 Å². The maximum absolute atomic E-state index is 11.8. The summed E-state index contributed by atoms with van der Waals surface area (Å²) in [5.74, 6) is 0.526. The Hall–Kier alpha value is -2.24. The second-order valence-electron chi connectivity index (χ2n) is 6.80. The van der Waals surface area contributed by atoms with Crippen LogP contribution in [0.5, 0.6) is 11.5 Å². The van der Waals surface area contributed by atoms with Crippen molar-refractivity contribution >= 4 is 12.1 Å². The molecule has 1 atom stereocenters. The van der Waals surface area contributed by atoms with E-state index in [1.54, 1.807) is 46.8 Å². The second kappa shape index (κ2) is 6.48. The fraction of sp³-hybridized carbons (Fsp3) is 0.529. The number of ether oxygens (including phenoxy) is 3. The average Bonchev–Trinajstić information content (AvgIpc) is 2.77. The number of carbonyl (C=O) groups is 2. The van der Waals surface area contributed by atoms with Crippen LogP contribution in [-0.2, 0) is 16.0 Å². The Labute approximate surface area is 136 Å². The molecule has 0 saturated carbocycles. The van der Waals surface area contributed by atoms with Crippen molar-refractivity contribution in [1.82, 2.24) is 5.32 Å². The number of amides is 1. The Morgan fingerprint density at radius 3 is 2.61 bits per heavy atom. The van der Waals surface area contributed by atoms with Crippen LogP contribution in [-0.4, -0.2) is 23.9 Å². The van der Waals surface area contributed by atoms with E-state index in [2.05, 4.69) is 5.32 Å². The van der Waals surface area contributed by atoms with Gasteiger partial charge in [0.25, 0.3) is 0 Å². The van der Waals surface area contributed by atoms with Gasteiger partial charge in [-0.3, -0.25) is 10.1 Å². The topological polar surface area (TPSA) is 73.9 Å². The van der Waals surface area contributed by atoms with E-state index in [4.69, 9.17) is 14.2 Å². The Bertz CT molecular complexity index is 603. The number of carbonyl (C=O) groups excluding carboxylic acids is 2. The molecule has 126 valence electrons. The van der Waals surface area contributed by atoms with Crippen molar-refractivity contribution in [3.8, 4) is 11.5 Å². The first-order chi connectivity index (χ1) is 10.6. The maximum atomic E-state index is 11.8. The molecule has 0 fully saturated rings. The fourth-order valence-corrected chi connectivity index (χ4v) is 2.02. The summed E-state index contributed by atoms with van der Waals surface area (Å²) in [5, 5.41) is 2.67. The molecule has 0 radical (unpaired) electrons. The van der Waals surface area contributed by atoms with Gasteiger partial charge in [0.2, 0.25) is 0 Å². The van der Waals surface area contributed by atoms with E-state index in [0.717, 1.165) is 5.56 Å².